The fraction of sp³-hybridized carbons (Fsp3) is 0.769. The minimum Gasteiger partial charge on any atom is -0.382 e. The second kappa shape index (κ2) is 5.54. The summed E-state index contributed by atoms with van der Waals surface area (Å²) >= 11 is 0. The maximum atomic E-state index is 5.78. The van der Waals surface area contributed by atoms with Crippen LogP contribution in [-0.4, -0.2) is 27.3 Å². The van der Waals surface area contributed by atoms with E-state index in [1.807, 2.05) is 10.7 Å². The first-order chi connectivity index (χ1) is 8.24. The van der Waals surface area contributed by atoms with E-state index in [1.165, 1.54) is 37.9 Å². The van der Waals surface area contributed by atoms with Gasteiger partial charge in [-0.25, -0.2) is 0 Å². The van der Waals surface area contributed by atoms with Crippen molar-refractivity contribution in [1.82, 2.24) is 14.7 Å². The van der Waals surface area contributed by atoms with Gasteiger partial charge in [0.1, 0.15) is 5.82 Å². The molecule has 0 aromatic carbocycles. The first-order valence-corrected chi connectivity index (χ1v) is 6.80. The van der Waals surface area contributed by atoms with Gasteiger partial charge in [0.05, 0.1) is 5.69 Å². The Bertz CT molecular complexity index is 358. The van der Waals surface area contributed by atoms with Crippen LogP contribution in [0.25, 0.3) is 0 Å². The lowest BCUT2D eigenvalue weighted by Gasteiger charge is -2.35. The smallest absolute Gasteiger partial charge is 0.145 e. The highest BCUT2D eigenvalue weighted by atomic mass is 15.3. The van der Waals surface area contributed by atoms with Gasteiger partial charge in [-0.2, -0.15) is 5.10 Å². The lowest BCUT2D eigenvalue weighted by molar-refractivity contribution is 0.132. The third-order valence-corrected chi connectivity index (χ3v) is 3.77. The van der Waals surface area contributed by atoms with E-state index >= 15 is 0 Å². The molecular weight excluding hydrogens is 212 g/mol. The van der Waals surface area contributed by atoms with E-state index in [-0.39, 0.29) is 0 Å². The van der Waals surface area contributed by atoms with E-state index in [1.54, 1.807) is 0 Å². The fourth-order valence-electron chi connectivity index (χ4n) is 2.82. The molecule has 2 N–H and O–H groups in total. The third kappa shape index (κ3) is 2.80. The van der Waals surface area contributed by atoms with E-state index in [4.69, 9.17) is 5.73 Å². The van der Waals surface area contributed by atoms with E-state index < -0.39 is 0 Å². The van der Waals surface area contributed by atoms with E-state index in [2.05, 4.69) is 23.8 Å². The van der Waals surface area contributed by atoms with Crippen molar-refractivity contribution in [2.45, 2.75) is 58.7 Å². The summed E-state index contributed by atoms with van der Waals surface area (Å²) in [6.07, 6.45) is 5.29. The fourth-order valence-corrected chi connectivity index (χ4v) is 2.82. The van der Waals surface area contributed by atoms with Gasteiger partial charge in [0.15, 0.2) is 0 Å². The first-order valence-electron chi connectivity index (χ1n) is 6.80. The van der Waals surface area contributed by atoms with Crippen molar-refractivity contribution >= 4 is 5.82 Å². The first kappa shape index (κ1) is 12.4. The number of likely N-dealkylation sites (tertiary alicyclic amines) is 1. The van der Waals surface area contributed by atoms with E-state index in [0.717, 1.165) is 19.1 Å². The van der Waals surface area contributed by atoms with Gasteiger partial charge in [-0.15, -0.1) is 0 Å². The SMILES string of the molecule is CC[C@H]1CCCCN1Cc1cc(N)nn1CC. The van der Waals surface area contributed by atoms with Crippen LogP contribution in [0.3, 0.4) is 0 Å². The molecule has 1 aromatic rings. The quantitative estimate of drug-likeness (QED) is 0.872. The normalized spacial score (nSPS) is 21.9. The maximum absolute atomic E-state index is 5.78. The summed E-state index contributed by atoms with van der Waals surface area (Å²) in [6.45, 7) is 7.51. The van der Waals surface area contributed by atoms with Gasteiger partial charge in [-0.1, -0.05) is 13.3 Å². The number of nitrogens with two attached hydrogens (primary N) is 1. The molecule has 1 aliphatic heterocycles. The Morgan fingerprint density at radius 2 is 2.24 bits per heavy atom. The van der Waals surface area contributed by atoms with Crippen molar-refractivity contribution in [3.63, 3.8) is 0 Å². The van der Waals surface area contributed by atoms with Crippen molar-refractivity contribution in [1.29, 1.82) is 0 Å². The highest BCUT2D eigenvalue weighted by molar-refractivity contribution is 5.29. The van der Waals surface area contributed by atoms with Gasteiger partial charge in [0.25, 0.3) is 0 Å². The molecule has 0 bridgehead atoms. The summed E-state index contributed by atoms with van der Waals surface area (Å²) in [7, 11) is 0. The van der Waals surface area contributed by atoms with Crippen LogP contribution >= 0.6 is 0 Å². The highest BCUT2D eigenvalue weighted by Gasteiger charge is 2.21. The van der Waals surface area contributed by atoms with E-state index in [9.17, 15) is 0 Å². The predicted molar refractivity (Wildman–Crippen MR) is 70.7 cm³/mol. The average molecular weight is 236 g/mol. The summed E-state index contributed by atoms with van der Waals surface area (Å²) in [5.41, 5.74) is 7.03. The molecule has 0 radical (unpaired) electrons. The van der Waals surface area contributed by atoms with Gasteiger partial charge in [0.2, 0.25) is 0 Å². The largest absolute Gasteiger partial charge is 0.382 e. The number of anilines is 1. The number of hydrogen-bond acceptors (Lipinski definition) is 3. The summed E-state index contributed by atoms with van der Waals surface area (Å²) in [6, 6.07) is 2.76. The minimum absolute atomic E-state index is 0.645. The molecule has 2 heterocycles. The molecule has 1 fully saturated rings. The molecule has 0 saturated carbocycles. The lowest BCUT2D eigenvalue weighted by Crippen LogP contribution is -2.38. The van der Waals surface area contributed by atoms with Crippen LogP contribution in [0.5, 0.6) is 0 Å². The third-order valence-electron chi connectivity index (χ3n) is 3.77. The molecule has 1 atom stereocenters. The van der Waals surface area contributed by atoms with Crippen molar-refractivity contribution in [2.75, 3.05) is 12.3 Å². The molecule has 4 heteroatoms. The average Bonchev–Trinajstić information content (AvgIpc) is 2.70. The van der Waals surface area contributed by atoms with Crippen molar-refractivity contribution < 1.29 is 0 Å². The molecular formula is C13H24N4. The van der Waals surface area contributed by atoms with Crippen LogP contribution in [0, 0.1) is 0 Å². The Kier molecular flexibility index (Phi) is 4.05. The van der Waals surface area contributed by atoms with E-state index in [0.29, 0.717) is 5.82 Å². The second-order valence-corrected chi connectivity index (χ2v) is 4.90. The Labute approximate surface area is 104 Å². The van der Waals surface area contributed by atoms with Gasteiger partial charge in [0, 0.05) is 25.2 Å². The minimum atomic E-state index is 0.645. The summed E-state index contributed by atoms with van der Waals surface area (Å²) in [5, 5.41) is 4.31. The summed E-state index contributed by atoms with van der Waals surface area (Å²) in [5.74, 6) is 0.645. The van der Waals surface area contributed by atoms with Gasteiger partial charge in [-0.05, 0) is 32.7 Å². The molecule has 96 valence electrons. The van der Waals surface area contributed by atoms with Crippen LogP contribution in [-0.2, 0) is 13.1 Å². The topological polar surface area (TPSA) is 47.1 Å². The molecule has 1 aromatic heterocycles. The predicted octanol–water partition coefficient (Wildman–Crippen LogP) is 2.25. The molecule has 1 saturated heterocycles. The Morgan fingerprint density at radius 1 is 1.41 bits per heavy atom. The molecule has 4 nitrogen and oxygen atoms in total. The van der Waals surface area contributed by atoms with Gasteiger partial charge in [-0.3, -0.25) is 9.58 Å². The zero-order chi connectivity index (χ0) is 12.3. The molecule has 0 spiro atoms. The molecule has 0 aliphatic carbocycles. The van der Waals surface area contributed by atoms with Crippen LogP contribution in [0.2, 0.25) is 0 Å². The standard InChI is InChI=1S/C13H24N4/c1-3-11-7-5-6-8-16(11)10-12-9-13(14)15-17(12)4-2/h9,11H,3-8,10H2,1-2H3,(H2,14,15)/t11-/m0/s1. The molecule has 0 unspecified atom stereocenters. The molecule has 17 heavy (non-hydrogen) atoms. The van der Waals surface area contributed by atoms with Crippen molar-refractivity contribution in [3.05, 3.63) is 11.8 Å². The van der Waals surface area contributed by atoms with Crippen LogP contribution in [0.4, 0.5) is 5.82 Å². The molecule has 2 rings (SSSR count). The van der Waals surface area contributed by atoms with Gasteiger partial charge >= 0.3 is 0 Å². The molecule has 1 aliphatic rings. The van der Waals surface area contributed by atoms with Crippen molar-refractivity contribution in [2.24, 2.45) is 0 Å². The van der Waals surface area contributed by atoms with Crippen LogP contribution in [0.15, 0.2) is 6.07 Å². The Hall–Kier alpha value is -1.03. The van der Waals surface area contributed by atoms with Crippen LogP contribution < -0.4 is 5.73 Å². The number of aromatic nitrogens is 2. The number of nitrogens with zero attached hydrogens (tertiary/aromatic N) is 3. The second-order valence-electron chi connectivity index (χ2n) is 4.90. The summed E-state index contributed by atoms with van der Waals surface area (Å²) in [4.78, 5) is 2.59. The Balaban J connectivity index is 2.07. The van der Waals surface area contributed by atoms with Crippen LogP contribution in [0.1, 0.15) is 45.2 Å². The van der Waals surface area contributed by atoms with Gasteiger partial charge < -0.3 is 5.73 Å². The summed E-state index contributed by atoms with van der Waals surface area (Å²) < 4.78 is 2.02. The number of aryl methyl sites for hydroxylation is 1. The molecule has 0 amide bonds. The monoisotopic (exact) mass is 236 g/mol. The zero-order valence-corrected chi connectivity index (χ0v) is 11.0. The number of nitrogen functional groups attached to an aromatic ring is 1. The maximum Gasteiger partial charge on any atom is 0.145 e. The lowest BCUT2D eigenvalue weighted by atomic mass is 10.00. The Morgan fingerprint density at radius 3 is 2.94 bits per heavy atom. The number of rotatable bonds is 4. The van der Waals surface area contributed by atoms with Crippen molar-refractivity contribution in [3.8, 4) is 0 Å². The number of piperidine rings is 1. The highest BCUT2D eigenvalue weighted by Crippen LogP contribution is 2.22. The zero-order valence-electron chi connectivity index (χ0n) is 11.0. The number of hydrogen-bond donors (Lipinski definition) is 1.